The maximum atomic E-state index is 11.8. The summed E-state index contributed by atoms with van der Waals surface area (Å²) in [6, 6.07) is 1.39. The summed E-state index contributed by atoms with van der Waals surface area (Å²) in [5.74, 6) is 0. The zero-order valence-electron chi connectivity index (χ0n) is 8.54. The highest BCUT2D eigenvalue weighted by Crippen LogP contribution is 2.34. The Morgan fingerprint density at radius 1 is 1.69 bits per heavy atom. The van der Waals surface area contributed by atoms with Crippen molar-refractivity contribution in [3.05, 3.63) is 14.9 Å². The van der Waals surface area contributed by atoms with Crippen molar-refractivity contribution in [3.8, 4) is 0 Å². The second-order valence-electron chi connectivity index (χ2n) is 3.35. The third-order valence-electron chi connectivity index (χ3n) is 1.78. The predicted molar refractivity (Wildman–Crippen MR) is 70.5 cm³/mol. The van der Waals surface area contributed by atoms with E-state index in [0.717, 1.165) is 11.3 Å². The van der Waals surface area contributed by atoms with Gasteiger partial charge in [0.15, 0.2) is 0 Å². The molecule has 0 saturated carbocycles. The standard InChI is InChI=1S/C8H12BrClN2O2S2/c1-5(11)2-3-12-16(13,14)7-4-6(10)8(9)15-7/h4-5,12H,2-3,11H2,1H3. The summed E-state index contributed by atoms with van der Waals surface area (Å²) < 4.78 is 26.8. The van der Waals surface area contributed by atoms with Gasteiger partial charge in [-0.05, 0) is 35.3 Å². The van der Waals surface area contributed by atoms with Gasteiger partial charge in [0, 0.05) is 12.6 Å². The summed E-state index contributed by atoms with van der Waals surface area (Å²) in [4.78, 5) is 0. The van der Waals surface area contributed by atoms with Crippen LogP contribution in [0, 0.1) is 0 Å². The molecule has 0 aliphatic carbocycles. The molecule has 0 fully saturated rings. The molecule has 0 saturated heterocycles. The average molecular weight is 348 g/mol. The Kier molecular flexibility index (Phi) is 5.21. The molecule has 0 aromatic carbocycles. The molecule has 1 aromatic heterocycles. The fourth-order valence-electron chi connectivity index (χ4n) is 0.951. The molecule has 1 unspecified atom stereocenters. The van der Waals surface area contributed by atoms with Crippen LogP contribution < -0.4 is 10.5 Å². The Morgan fingerprint density at radius 2 is 2.31 bits per heavy atom. The molecule has 1 aromatic rings. The van der Waals surface area contributed by atoms with E-state index in [0.29, 0.717) is 21.8 Å². The van der Waals surface area contributed by atoms with Gasteiger partial charge in [-0.3, -0.25) is 0 Å². The van der Waals surface area contributed by atoms with Gasteiger partial charge in [0.2, 0.25) is 10.0 Å². The first-order chi connectivity index (χ1) is 7.33. The molecule has 0 aliphatic heterocycles. The van der Waals surface area contributed by atoms with Gasteiger partial charge in [-0.1, -0.05) is 11.6 Å². The van der Waals surface area contributed by atoms with Crippen LogP contribution in [-0.4, -0.2) is 21.0 Å². The zero-order chi connectivity index (χ0) is 12.3. The van der Waals surface area contributed by atoms with Crippen LogP contribution in [0.15, 0.2) is 14.1 Å². The lowest BCUT2D eigenvalue weighted by molar-refractivity contribution is 0.574. The SMILES string of the molecule is CC(N)CCNS(=O)(=O)c1cc(Cl)c(Br)s1. The van der Waals surface area contributed by atoms with Crippen LogP contribution in [0.4, 0.5) is 0 Å². The normalized spacial score (nSPS) is 14.0. The molecule has 92 valence electrons. The average Bonchev–Trinajstić information content (AvgIpc) is 2.46. The van der Waals surface area contributed by atoms with E-state index in [2.05, 4.69) is 20.7 Å². The molecule has 0 aliphatic rings. The molecule has 4 nitrogen and oxygen atoms in total. The highest BCUT2D eigenvalue weighted by Gasteiger charge is 2.18. The summed E-state index contributed by atoms with van der Waals surface area (Å²) in [5.41, 5.74) is 5.53. The van der Waals surface area contributed by atoms with Crippen LogP contribution in [-0.2, 0) is 10.0 Å². The Labute approximate surface area is 112 Å². The molecular weight excluding hydrogens is 336 g/mol. The van der Waals surface area contributed by atoms with E-state index >= 15 is 0 Å². The second-order valence-corrected chi connectivity index (χ2v) is 8.12. The number of sulfonamides is 1. The van der Waals surface area contributed by atoms with Crippen LogP contribution >= 0.6 is 38.9 Å². The van der Waals surface area contributed by atoms with Crippen molar-refractivity contribution in [1.82, 2.24) is 4.72 Å². The fourth-order valence-corrected chi connectivity index (χ4v) is 4.44. The molecule has 0 radical (unpaired) electrons. The summed E-state index contributed by atoms with van der Waals surface area (Å²) >= 11 is 10.0. The van der Waals surface area contributed by atoms with Crippen LogP contribution in [0.25, 0.3) is 0 Å². The molecule has 0 amide bonds. The maximum absolute atomic E-state index is 11.8. The molecular formula is C8H12BrClN2O2S2. The van der Waals surface area contributed by atoms with Gasteiger partial charge in [-0.15, -0.1) is 11.3 Å². The lowest BCUT2D eigenvalue weighted by Gasteiger charge is -2.06. The zero-order valence-corrected chi connectivity index (χ0v) is 12.5. The lowest BCUT2D eigenvalue weighted by atomic mass is 10.3. The van der Waals surface area contributed by atoms with Gasteiger partial charge in [0.1, 0.15) is 4.21 Å². The van der Waals surface area contributed by atoms with Gasteiger partial charge >= 0.3 is 0 Å². The van der Waals surface area contributed by atoms with Crippen molar-refractivity contribution in [2.45, 2.75) is 23.6 Å². The predicted octanol–water partition coefficient (Wildman–Crippen LogP) is 2.18. The molecule has 8 heteroatoms. The van der Waals surface area contributed by atoms with E-state index in [9.17, 15) is 8.42 Å². The second kappa shape index (κ2) is 5.79. The minimum Gasteiger partial charge on any atom is -0.328 e. The number of rotatable bonds is 5. The molecule has 0 spiro atoms. The first-order valence-corrected chi connectivity index (χ1v) is 8.00. The fraction of sp³-hybridized carbons (Fsp3) is 0.500. The van der Waals surface area contributed by atoms with Crippen LogP contribution in [0.5, 0.6) is 0 Å². The molecule has 1 rings (SSSR count). The summed E-state index contributed by atoms with van der Waals surface area (Å²) in [6.45, 7) is 2.15. The Balaban J connectivity index is 2.71. The van der Waals surface area contributed by atoms with Crippen molar-refractivity contribution >= 4 is 48.9 Å². The minimum absolute atomic E-state index is 0.0265. The smallest absolute Gasteiger partial charge is 0.250 e. The van der Waals surface area contributed by atoms with Gasteiger partial charge in [-0.25, -0.2) is 13.1 Å². The molecule has 1 atom stereocenters. The van der Waals surface area contributed by atoms with Gasteiger partial charge in [0.25, 0.3) is 0 Å². The van der Waals surface area contributed by atoms with Gasteiger partial charge < -0.3 is 5.73 Å². The quantitative estimate of drug-likeness (QED) is 0.857. The number of hydrogen-bond acceptors (Lipinski definition) is 4. The largest absolute Gasteiger partial charge is 0.328 e. The van der Waals surface area contributed by atoms with E-state index in [1.54, 1.807) is 0 Å². The van der Waals surface area contributed by atoms with Gasteiger partial charge in [0.05, 0.1) is 8.81 Å². The summed E-state index contributed by atoms with van der Waals surface area (Å²) in [6.07, 6.45) is 0.597. The Hall–Kier alpha value is 0.340. The maximum Gasteiger partial charge on any atom is 0.250 e. The number of hydrogen-bond donors (Lipinski definition) is 2. The van der Waals surface area contributed by atoms with Crippen molar-refractivity contribution in [3.63, 3.8) is 0 Å². The van der Waals surface area contributed by atoms with Crippen molar-refractivity contribution in [2.75, 3.05) is 6.54 Å². The first kappa shape index (κ1) is 14.4. The number of halogens is 2. The van der Waals surface area contributed by atoms with E-state index in [1.807, 2.05) is 6.92 Å². The molecule has 1 heterocycles. The third-order valence-corrected chi connectivity index (χ3v) is 6.19. The summed E-state index contributed by atoms with van der Waals surface area (Å²) in [7, 11) is -3.46. The lowest BCUT2D eigenvalue weighted by Crippen LogP contribution is -2.28. The van der Waals surface area contributed by atoms with Crippen molar-refractivity contribution in [2.24, 2.45) is 5.73 Å². The van der Waals surface area contributed by atoms with Crippen LogP contribution in [0.3, 0.4) is 0 Å². The van der Waals surface area contributed by atoms with Crippen molar-refractivity contribution in [1.29, 1.82) is 0 Å². The molecule has 0 bridgehead atoms. The summed E-state index contributed by atoms with van der Waals surface area (Å²) in [5, 5.41) is 0.401. The van der Waals surface area contributed by atoms with E-state index in [1.165, 1.54) is 6.07 Å². The number of thiophene rings is 1. The Morgan fingerprint density at radius 3 is 2.75 bits per heavy atom. The highest BCUT2D eigenvalue weighted by atomic mass is 79.9. The topological polar surface area (TPSA) is 72.2 Å². The van der Waals surface area contributed by atoms with E-state index in [-0.39, 0.29) is 10.3 Å². The minimum atomic E-state index is -3.46. The van der Waals surface area contributed by atoms with E-state index < -0.39 is 10.0 Å². The van der Waals surface area contributed by atoms with Crippen LogP contribution in [0.2, 0.25) is 5.02 Å². The van der Waals surface area contributed by atoms with Crippen LogP contribution in [0.1, 0.15) is 13.3 Å². The van der Waals surface area contributed by atoms with Crippen molar-refractivity contribution < 1.29 is 8.42 Å². The molecule has 3 N–H and O–H groups in total. The van der Waals surface area contributed by atoms with E-state index in [4.69, 9.17) is 17.3 Å². The Bertz CT molecular complexity index is 439. The third kappa shape index (κ3) is 3.97. The van der Waals surface area contributed by atoms with Gasteiger partial charge in [-0.2, -0.15) is 0 Å². The first-order valence-electron chi connectivity index (χ1n) is 4.53. The number of nitrogens with one attached hydrogen (secondary N) is 1. The number of nitrogens with two attached hydrogens (primary N) is 1. The molecule has 16 heavy (non-hydrogen) atoms. The highest BCUT2D eigenvalue weighted by molar-refractivity contribution is 9.11. The monoisotopic (exact) mass is 346 g/mol.